The second kappa shape index (κ2) is 6.50. The van der Waals surface area contributed by atoms with Crippen molar-refractivity contribution >= 4 is 0 Å². The molecule has 0 aliphatic carbocycles. The highest BCUT2D eigenvalue weighted by Crippen LogP contribution is 2.34. The van der Waals surface area contributed by atoms with E-state index in [-0.39, 0.29) is 0 Å². The van der Waals surface area contributed by atoms with Crippen LogP contribution in [0, 0.1) is 0 Å². The van der Waals surface area contributed by atoms with Crippen LogP contribution in [0.5, 0.6) is 11.5 Å². The fourth-order valence-electron chi connectivity index (χ4n) is 2.05. The Morgan fingerprint density at radius 2 is 1.82 bits per heavy atom. The molecule has 1 unspecified atom stereocenters. The molecular weight excluding hydrogens is 214 g/mol. The zero-order valence-electron chi connectivity index (χ0n) is 11.2. The number of methoxy groups -OCH3 is 2. The highest BCUT2D eigenvalue weighted by molar-refractivity contribution is 5.48. The summed E-state index contributed by atoms with van der Waals surface area (Å²) in [5, 5.41) is 0. The molecule has 3 heteroatoms. The minimum Gasteiger partial charge on any atom is -0.496 e. The van der Waals surface area contributed by atoms with Gasteiger partial charge >= 0.3 is 0 Å². The number of benzene rings is 1. The lowest BCUT2D eigenvalue weighted by atomic mass is 9.94. The molecule has 1 atom stereocenters. The summed E-state index contributed by atoms with van der Waals surface area (Å²) >= 11 is 0. The van der Waals surface area contributed by atoms with Crippen molar-refractivity contribution in [2.75, 3.05) is 20.8 Å². The molecule has 0 bridgehead atoms. The van der Waals surface area contributed by atoms with Crippen molar-refractivity contribution < 1.29 is 9.47 Å². The summed E-state index contributed by atoms with van der Waals surface area (Å²) in [6.45, 7) is 4.96. The van der Waals surface area contributed by atoms with Crippen LogP contribution in [0.25, 0.3) is 0 Å². The fraction of sp³-hybridized carbons (Fsp3) is 0.571. The first-order valence-corrected chi connectivity index (χ1v) is 6.12. The predicted molar refractivity (Wildman–Crippen MR) is 71.0 cm³/mol. The fourth-order valence-corrected chi connectivity index (χ4v) is 2.05. The van der Waals surface area contributed by atoms with E-state index < -0.39 is 0 Å². The lowest BCUT2D eigenvalue weighted by Gasteiger charge is -2.18. The van der Waals surface area contributed by atoms with E-state index in [0.29, 0.717) is 12.5 Å². The Morgan fingerprint density at radius 3 is 2.29 bits per heavy atom. The molecule has 1 aromatic rings. The maximum absolute atomic E-state index is 5.61. The largest absolute Gasteiger partial charge is 0.496 e. The zero-order chi connectivity index (χ0) is 12.8. The number of nitrogens with two attached hydrogens (primary N) is 1. The third-order valence-corrected chi connectivity index (χ3v) is 3.14. The van der Waals surface area contributed by atoms with Crippen LogP contribution in [-0.4, -0.2) is 20.8 Å². The molecule has 17 heavy (non-hydrogen) atoms. The van der Waals surface area contributed by atoms with Crippen LogP contribution in [0.1, 0.15) is 37.3 Å². The maximum atomic E-state index is 5.61. The van der Waals surface area contributed by atoms with Crippen LogP contribution in [0.2, 0.25) is 0 Å². The van der Waals surface area contributed by atoms with Gasteiger partial charge in [-0.3, -0.25) is 0 Å². The second-order valence-corrected chi connectivity index (χ2v) is 4.24. The molecule has 0 saturated heterocycles. The van der Waals surface area contributed by atoms with E-state index in [0.717, 1.165) is 24.3 Å². The number of hydrogen-bond donors (Lipinski definition) is 1. The highest BCUT2D eigenvalue weighted by atomic mass is 16.5. The topological polar surface area (TPSA) is 44.5 Å². The van der Waals surface area contributed by atoms with Gasteiger partial charge in [-0.25, -0.2) is 0 Å². The lowest BCUT2D eigenvalue weighted by Crippen LogP contribution is -2.07. The van der Waals surface area contributed by atoms with Crippen LogP contribution >= 0.6 is 0 Å². The Hall–Kier alpha value is -1.22. The van der Waals surface area contributed by atoms with Crippen molar-refractivity contribution in [3.05, 3.63) is 23.3 Å². The first-order valence-electron chi connectivity index (χ1n) is 6.12. The van der Waals surface area contributed by atoms with Crippen molar-refractivity contribution in [3.8, 4) is 11.5 Å². The summed E-state index contributed by atoms with van der Waals surface area (Å²) in [4.78, 5) is 0. The summed E-state index contributed by atoms with van der Waals surface area (Å²) in [5.74, 6) is 2.26. The van der Waals surface area contributed by atoms with E-state index in [4.69, 9.17) is 15.2 Å². The van der Waals surface area contributed by atoms with Gasteiger partial charge in [0.1, 0.15) is 11.5 Å². The van der Waals surface area contributed by atoms with Gasteiger partial charge < -0.3 is 15.2 Å². The first-order chi connectivity index (χ1) is 8.17. The zero-order valence-corrected chi connectivity index (χ0v) is 11.2. The summed E-state index contributed by atoms with van der Waals surface area (Å²) in [6.07, 6.45) is 1.88. The Bertz CT molecular complexity index is 363. The number of ether oxygens (including phenoxy) is 2. The Labute approximate surface area is 104 Å². The minimum absolute atomic E-state index is 0.384. The van der Waals surface area contributed by atoms with Crippen LogP contribution in [0.4, 0.5) is 0 Å². The van der Waals surface area contributed by atoms with E-state index in [1.165, 1.54) is 11.1 Å². The lowest BCUT2D eigenvalue weighted by molar-refractivity contribution is 0.391. The van der Waals surface area contributed by atoms with Crippen LogP contribution in [-0.2, 0) is 6.42 Å². The minimum atomic E-state index is 0.384. The van der Waals surface area contributed by atoms with E-state index in [1.54, 1.807) is 14.2 Å². The molecule has 0 aromatic heterocycles. The maximum Gasteiger partial charge on any atom is 0.122 e. The van der Waals surface area contributed by atoms with Gasteiger partial charge in [0.25, 0.3) is 0 Å². The number of hydrogen-bond acceptors (Lipinski definition) is 3. The second-order valence-electron chi connectivity index (χ2n) is 4.24. The van der Waals surface area contributed by atoms with Crippen molar-refractivity contribution in [2.24, 2.45) is 5.73 Å². The van der Waals surface area contributed by atoms with Crippen molar-refractivity contribution in [3.63, 3.8) is 0 Å². The van der Waals surface area contributed by atoms with E-state index in [1.807, 2.05) is 0 Å². The van der Waals surface area contributed by atoms with Gasteiger partial charge in [0.15, 0.2) is 0 Å². The molecule has 1 rings (SSSR count). The van der Waals surface area contributed by atoms with Gasteiger partial charge in [-0.05, 0) is 43.0 Å². The summed E-state index contributed by atoms with van der Waals surface area (Å²) < 4.78 is 10.9. The first kappa shape index (κ1) is 13.8. The molecule has 3 nitrogen and oxygen atoms in total. The number of aryl methyl sites for hydroxylation is 1. The van der Waals surface area contributed by atoms with E-state index >= 15 is 0 Å². The molecule has 96 valence electrons. The van der Waals surface area contributed by atoms with Gasteiger partial charge in [-0.2, -0.15) is 0 Å². The monoisotopic (exact) mass is 237 g/mol. The Morgan fingerprint density at radius 1 is 1.18 bits per heavy atom. The Kier molecular flexibility index (Phi) is 5.29. The van der Waals surface area contributed by atoms with E-state index in [2.05, 4.69) is 26.0 Å². The van der Waals surface area contributed by atoms with Crippen molar-refractivity contribution in [1.29, 1.82) is 0 Å². The van der Waals surface area contributed by atoms with Crippen LogP contribution < -0.4 is 15.2 Å². The molecular formula is C14H23NO2. The third kappa shape index (κ3) is 3.13. The SMILES string of the molecule is CCc1cc(OC)c(C(C)CCN)cc1OC. The quantitative estimate of drug-likeness (QED) is 0.827. The van der Waals surface area contributed by atoms with Crippen LogP contribution in [0.3, 0.4) is 0 Å². The number of rotatable bonds is 6. The smallest absolute Gasteiger partial charge is 0.122 e. The molecule has 0 saturated carbocycles. The average Bonchev–Trinajstić information content (AvgIpc) is 2.37. The molecule has 0 aliphatic rings. The van der Waals surface area contributed by atoms with Gasteiger partial charge in [0.05, 0.1) is 14.2 Å². The standard InChI is InChI=1S/C14H23NO2/c1-5-11-8-14(17-4)12(9-13(11)16-3)10(2)6-7-15/h8-10H,5-7,15H2,1-4H3. The molecule has 0 radical (unpaired) electrons. The summed E-state index contributed by atoms with van der Waals surface area (Å²) in [5.41, 5.74) is 7.96. The van der Waals surface area contributed by atoms with Crippen LogP contribution in [0.15, 0.2) is 12.1 Å². The summed E-state index contributed by atoms with van der Waals surface area (Å²) in [7, 11) is 3.41. The molecule has 2 N–H and O–H groups in total. The average molecular weight is 237 g/mol. The van der Waals surface area contributed by atoms with Gasteiger partial charge in [-0.15, -0.1) is 0 Å². The van der Waals surface area contributed by atoms with Gasteiger partial charge in [-0.1, -0.05) is 13.8 Å². The highest BCUT2D eigenvalue weighted by Gasteiger charge is 2.15. The molecule has 0 amide bonds. The Balaban J connectivity index is 3.18. The van der Waals surface area contributed by atoms with Gasteiger partial charge in [0.2, 0.25) is 0 Å². The molecule has 0 aliphatic heterocycles. The van der Waals surface area contributed by atoms with Gasteiger partial charge in [0, 0.05) is 5.56 Å². The third-order valence-electron chi connectivity index (χ3n) is 3.14. The molecule has 1 aromatic carbocycles. The molecule has 0 heterocycles. The summed E-state index contributed by atoms with van der Waals surface area (Å²) in [6, 6.07) is 4.15. The molecule has 0 spiro atoms. The predicted octanol–water partition coefficient (Wildman–Crippen LogP) is 2.72. The normalized spacial score (nSPS) is 12.3. The van der Waals surface area contributed by atoms with Crippen molar-refractivity contribution in [2.45, 2.75) is 32.6 Å². The van der Waals surface area contributed by atoms with E-state index in [9.17, 15) is 0 Å². The molecule has 0 fully saturated rings. The van der Waals surface area contributed by atoms with Crippen molar-refractivity contribution in [1.82, 2.24) is 0 Å².